The van der Waals surface area contributed by atoms with Gasteiger partial charge in [0.05, 0.1) is 12.0 Å². The number of rotatable bonds is 6. The molecule has 1 aromatic carbocycles. The van der Waals surface area contributed by atoms with Gasteiger partial charge in [-0.3, -0.25) is 4.79 Å². The van der Waals surface area contributed by atoms with Crippen molar-refractivity contribution < 1.29 is 9.53 Å². The van der Waals surface area contributed by atoms with Gasteiger partial charge in [-0.25, -0.2) is 0 Å². The molecule has 0 bridgehead atoms. The van der Waals surface area contributed by atoms with Gasteiger partial charge in [-0.1, -0.05) is 13.0 Å². The van der Waals surface area contributed by atoms with Crippen LogP contribution in [0.1, 0.15) is 27.2 Å². The molecule has 1 N–H and O–H groups in total. The smallest absolute Gasteiger partial charge is 0.231 e. The van der Waals surface area contributed by atoms with Crippen LogP contribution in [-0.4, -0.2) is 18.4 Å². The van der Waals surface area contributed by atoms with Crippen LogP contribution in [0, 0.1) is 5.41 Å². The molecule has 0 aliphatic carbocycles. The molecule has 3 nitrogen and oxygen atoms in total. The van der Waals surface area contributed by atoms with Crippen molar-refractivity contribution in [1.29, 1.82) is 0 Å². The first kappa shape index (κ1) is 14.8. The molecule has 0 heterocycles. The van der Waals surface area contributed by atoms with Crippen molar-refractivity contribution in [3.8, 4) is 5.75 Å². The van der Waals surface area contributed by atoms with Crippen LogP contribution in [0.2, 0.25) is 0 Å². The molecule has 1 amide bonds. The summed E-state index contributed by atoms with van der Waals surface area (Å²) in [6, 6.07) is 7.38. The van der Waals surface area contributed by atoms with Crippen LogP contribution in [0.4, 0.5) is 5.69 Å². The number of anilines is 1. The van der Waals surface area contributed by atoms with Gasteiger partial charge in [0.1, 0.15) is 5.75 Å². The average Bonchev–Trinajstić information content (AvgIpc) is 2.36. The molecular formula is C14H20ClNO2. The zero-order chi connectivity index (χ0) is 13.6. The predicted molar refractivity (Wildman–Crippen MR) is 75.4 cm³/mol. The second-order valence-electron chi connectivity index (χ2n) is 4.85. The van der Waals surface area contributed by atoms with Crippen LogP contribution >= 0.6 is 11.6 Å². The number of ether oxygens (including phenoxy) is 1. The van der Waals surface area contributed by atoms with Crippen LogP contribution in [0.5, 0.6) is 5.75 Å². The summed E-state index contributed by atoms with van der Waals surface area (Å²) in [7, 11) is 0. The maximum Gasteiger partial charge on any atom is 0.231 e. The average molecular weight is 270 g/mol. The van der Waals surface area contributed by atoms with Crippen LogP contribution in [0.25, 0.3) is 0 Å². The maximum absolute atomic E-state index is 12.0. The van der Waals surface area contributed by atoms with Crippen LogP contribution in [-0.2, 0) is 4.79 Å². The zero-order valence-electron chi connectivity index (χ0n) is 11.1. The Hall–Kier alpha value is -1.22. The standard InChI is InChI=1S/C14H20ClNO2/c1-4-8-18-12-7-5-6-11(9-12)16-13(17)14(2,3)10-15/h5-7,9H,4,8,10H2,1-3H3,(H,16,17). The summed E-state index contributed by atoms with van der Waals surface area (Å²) in [4.78, 5) is 12.0. The number of hydrogen-bond donors (Lipinski definition) is 1. The Morgan fingerprint density at radius 3 is 2.78 bits per heavy atom. The van der Waals surface area contributed by atoms with Crippen molar-refractivity contribution in [2.24, 2.45) is 5.41 Å². The van der Waals surface area contributed by atoms with Crippen molar-refractivity contribution in [2.75, 3.05) is 17.8 Å². The van der Waals surface area contributed by atoms with Gasteiger partial charge in [-0.2, -0.15) is 0 Å². The van der Waals surface area contributed by atoms with E-state index in [9.17, 15) is 4.79 Å². The van der Waals surface area contributed by atoms with Gasteiger partial charge in [-0.15, -0.1) is 11.6 Å². The molecule has 1 rings (SSSR count). The predicted octanol–water partition coefficient (Wildman–Crippen LogP) is 3.68. The molecule has 100 valence electrons. The van der Waals surface area contributed by atoms with E-state index in [4.69, 9.17) is 16.3 Å². The Kier molecular flexibility index (Phi) is 5.48. The van der Waals surface area contributed by atoms with Gasteiger partial charge in [-0.05, 0) is 32.4 Å². The second kappa shape index (κ2) is 6.64. The zero-order valence-corrected chi connectivity index (χ0v) is 11.9. The van der Waals surface area contributed by atoms with Gasteiger partial charge < -0.3 is 10.1 Å². The lowest BCUT2D eigenvalue weighted by molar-refractivity contribution is -0.122. The summed E-state index contributed by atoms with van der Waals surface area (Å²) in [5, 5.41) is 2.85. The van der Waals surface area contributed by atoms with Crippen LogP contribution in [0.15, 0.2) is 24.3 Å². The first-order valence-electron chi connectivity index (χ1n) is 6.10. The van der Waals surface area contributed by atoms with E-state index in [-0.39, 0.29) is 11.8 Å². The maximum atomic E-state index is 12.0. The fourth-order valence-corrected chi connectivity index (χ4v) is 1.37. The number of carbonyl (C=O) groups excluding carboxylic acids is 1. The number of amides is 1. The Labute approximate surface area is 113 Å². The van der Waals surface area contributed by atoms with Gasteiger partial charge >= 0.3 is 0 Å². The minimum absolute atomic E-state index is 0.0925. The Morgan fingerprint density at radius 1 is 1.44 bits per heavy atom. The Balaban J connectivity index is 2.70. The van der Waals surface area contributed by atoms with E-state index in [0.717, 1.165) is 17.9 Å². The molecule has 1 aromatic rings. The van der Waals surface area contributed by atoms with Gasteiger partial charge in [0, 0.05) is 17.6 Å². The third-order valence-electron chi connectivity index (χ3n) is 2.51. The molecule has 0 spiro atoms. The summed E-state index contributed by atoms with van der Waals surface area (Å²) >= 11 is 5.77. The molecular weight excluding hydrogens is 250 g/mol. The fourth-order valence-electron chi connectivity index (χ4n) is 1.24. The highest BCUT2D eigenvalue weighted by atomic mass is 35.5. The van der Waals surface area contributed by atoms with Gasteiger partial charge in [0.15, 0.2) is 0 Å². The third-order valence-corrected chi connectivity index (χ3v) is 3.18. The van der Waals surface area contributed by atoms with E-state index in [1.165, 1.54) is 0 Å². The summed E-state index contributed by atoms with van der Waals surface area (Å²) in [5.41, 5.74) is 0.147. The molecule has 0 saturated carbocycles. The quantitative estimate of drug-likeness (QED) is 0.800. The van der Waals surface area contributed by atoms with Crippen molar-refractivity contribution in [1.82, 2.24) is 0 Å². The monoisotopic (exact) mass is 269 g/mol. The van der Waals surface area contributed by atoms with E-state index >= 15 is 0 Å². The number of benzene rings is 1. The topological polar surface area (TPSA) is 38.3 Å². The Bertz CT molecular complexity index is 405. The highest BCUT2D eigenvalue weighted by molar-refractivity contribution is 6.20. The lowest BCUT2D eigenvalue weighted by Crippen LogP contribution is -2.32. The van der Waals surface area contributed by atoms with Crippen molar-refractivity contribution in [3.63, 3.8) is 0 Å². The number of alkyl halides is 1. The highest BCUT2D eigenvalue weighted by Gasteiger charge is 2.26. The van der Waals surface area contributed by atoms with E-state index in [2.05, 4.69) is 12.2 Å². The lowest BCUT2D eigenvalue weighted by Gasteiger charge is -2.20. The summed E-state index contributed by atoms with van der Waals surface area (Å²) in [5.74, 6) is 0.952. The van der Waals surface area contributed by atoms with E-state index in [0.29, 0.717) is 6.61 Å². The summed E-state index contributed by atoms with van der Waals surface area (Å²) in [6.07, 6.45) is 0.954. The molecule has 0 radical (unpaired) electrons. The lowest BCUT2D eigenvalue weighted by atomic mass is 9.95. The minimum atomic E-state index is -0.582. The number of carbonyl (C=O) groups is 1. The number of nitrogens with one attached hydrogen (secondary N) is 1. The molecule has 4 heteroatoms. The molecule has 18 heavy (non-hydrogen) atoms. The number of halogens is 1. The van der Waals surface area contributed by atoms with Crippen LogP contribution in [0.3, 0.4) is 0 Å². The second-order valence-corrected chi connectivity index (χ2v) is 5.12. The van der Waals surface area contributed by atoms with Gasteiger partial charge in [0.2, 0.25) is 5.91 Å². The molecule has 0 fully saturated rings. The van der Waals surface area contributed by atoms with Crippen LogP contribution < -0.4 is 10.1 Å². The normalized spacial score (nSPS) is 11.1. The summed E-state index contributed by atoms with van der Waals surface area (Å²) in [6.45, 7) is 6.35. The number of hydrogen-bond acceptors (Lipinski definition) is 2. The summed E-state index contributed by atoms with van der Waals surface area (Å²) < 4.78 is 5.51. The van der Waals surface area contributed by atoms with Crippen molar-refractivity contribution in [3.05, 3.63) is 24.3 Å². The third kappa shape index (κ3) is 4.22. The first-order chi connectivity index (χ1) is 8.49. The Morgan fingerprint density at radius 2 is 2.17 bits per heavy atom. The fraction of sp³-hybridized carbons (Fsp3) is 0.500. The molecule has 0 unspecified atom stereocenters. The highest BCUT2D eigenvalue weighted by Crippen LogP contribution is 2.22. The van der Waals surface area contributed by atoms with Gasteiger partial charge in [0.25, 0.3) is 0 Å². The molecule has 0 saturated heterocycles. The molecule has 0 aliphatic heterocycles. The van der Waals surface area contributed by atoms with E-state index in [1.54, 1.807) is 0 Å². The van der Waals surface area contributed by atoms with Crippen molar-refractivity contribution in [2.45, 2.75) is 27.2 Å². The van der Waals surface area contributed by atoms with Crippen molar-refractivity contribution >= 4 is 23.2 Å². The molecule has 0 aromatic heterocycles. The van der Waals surface area contributed by atoms with E-state index in [1.807, 2.05) is 38.1 Å². The molecule has 0 atom stereocenters. The SMILES string of the molecule is CCCOc1cccc(NC(=O)C(C)(C)CCl)c1. The first-order valence-corrected chi connectivity index (χ1v) is 6.63. The molecule has 0 aliphatic rings. The minimum Gasteiger partial charge on any atom is -0.494 e. The van der Waals surface area contributed by atoms with E-state index < -0.39 is 5.41 Å². The largest absolute Gasteiger partial charge is 0.494 e.